The van der Waals surface area contributed by atoms with E-state index in [1.165, 1.54) is 0 Å². The molecule has 0 aliphatic carbocycles. The van der Waals surface area contributed by atoms with Crippen molar-refractivity contribution in [3.8, 4) is 6.07 Å². The summed E-state index contributed by atoms with van der Waals surface area (Å²) in [6.45, 7) is 2.93. The molecule has 102 valence electrons. The van der Waals surface area contributed by atoms with Crippen LogP contribution < -0.4 is 0 Å². The second kappa shape index (κ2) is 6.39. The molecule has 19 heavy (non-hydrogen) atoms. The smallest absolute Gasteiger partial charge is 0.352 e. The Hall–Kier alpha value is -1.80. The molecular weight excluding hydrogens is 242 g/mol. The molecule has 1 aliphatic rings. The molecule has 2 heterocycles. The van der Waals surface area contributed by atoms with Gasteiger partial charge >= 0.3 is 5.97 Å². The number of hydrogen-bond donors (Lipinski definition) is 1. The third kappa shape index (κ3) is 3.36. The van der Waals surface area contributed by atoms with Crippen molar-refractivity contribution in [1.82, 2.24) is 9.47 Å². The van der Waals surface area contributed by atoms with Gasteiger partial charge in [0.15, 0.2) is 0 Å². The second-order valence-corrected chi connectivity index (χ2v) is 4.94. The molecule has 0 spiro atoms. The van der Waals surface area contributed by atoms with Gasteiger partial charge in [0.05, 0.1) is 6.07 Å². The number of piperidine rings is 1. The van der Waals surface area contributed by atoms with Crippen LogP contribution >= 0.6 is 0 Å². The van der Waals surface area contributed by atoms with Crippen LogP contribution in [-0.2, 0) is 0 Å². The van der Waals surface area contributed by atoms with E-state index >= 15 is 0 Å². The molecule has 5 nitrogen and oxygen atoms in total. The van der Waals surface area contributed by atoms with Crippen molar-refractivity contribution in [2.75, 3.05) is 19.6 Å². The average Bonchev–Trinajstić information content (AvgIpc) is 2.89. The Balaban J connectivity index is 1.88. The summed E-state index contributed by atoms with van der Waals surface area (Å²) in [6, 6.07) is 5.90. The standard InChI is InChI=1S/C14H19N3O2/c15-7-1-2-8-16-10-5-12(6-11-16)17-9-3-4-13(17)14(18)19/h3-4,9,12H,1-2,5-6,8,10-11H2,(H,18,19). The van der Waals surface area contributed by atoms with Crippen LogP contribution in [0.5, 0.6) is 0 Å². The summed E-state index contributed by atoms with van der Waals surface area (Å²) in [4.78, 5) is 13.5. The van der Waals surface area contributed by atoms with Gasteiger partial charge in [-0.05, 0) is 37.9 Å². The molecule has 0 unspecified atom stereocenters. The van der Waals surface area contributed by atoms with Gasteiger partial charge in [0.25, 0.3) is 0 Å². The number of likely N-dealkylation sites (tertiary alicyclic amines) is 1. The Bertz CT molecular complexity index is 467. The monoisotopic (exact) mass is 261 g/mol. The molecule has 0 amide bonds. The minimum atomic E-state index is -0.860. The Kier molecular flexibility index (Phi) is 4.58. The van der Waals surface area contributed by atoms with E-state index in [2.05, 4.69) is 11.0 Å². The summed E-state index contributed by atoms with van der Waals surface area (Å²) >= 11 is 0. The lowest BCUT2D eigenvalue weighted by Gasteiger charge is -2.33. The van der Waals surface area contributed by atoms with Crippen LogP contribution in [0.3, 0.4) is 0 Å². The number of nitriles is 1. The number of rotatable bonds is 5. The van der Waals surface area contributed by atoms with Gasteiger partial charge < -0.3 is 14.6 Å². The topological polar surface area (TPSA) is 69.3 Å². The first-order valence-electron chi connectivity index (χ1n) is 6.72. The maximum atomic E-state index is 11.1. The zero-order chi connectivity index (χ0) is 13.7. The van der Waals surface area contributed by atoms with E-state index in [1.807, 2.05) is 10.8 Å². The molecule has 1 aromatic heterocycles. The maximum absolute atomic E-state index is 11.1. The van der Waals surface area contributed by atoms with Gasteiger partial charge in [0.2, 0.25) is 0 Å². The number of hydrogen-bond acceptors (Lipinski definition) is 3. The number of carboxylic acids is 1. The highest BCUT2D eigenvalue weighted by Crippen LogP contribution is 2.24. The zero-order valence-electron chi connectivity index (χ0n) is 11.0. The van der Waals surface area contributed by atoms with E-state index in [-0.39, 0.29) is 6.04 Å². The van der Waals surface area contributed by atoms with Gasteiger partial charge in [-0.15, -0.1) is 0 Å². The molecule has 0 aromatic carbocycles. The minimum absolute atomic E-state index is 0.285. The first-order chi connectivity index (χ1) is 9.22. The average molecular weight is 261 g/mol. The molecule has 5 heteroatoms. The second-order valence-electron chi connectivity index (χ2n) is 4.94. The van der Waals surface area contributed by atoms with Crippen LogP contribution in [0.4, 0.5) is 0 Å². The quantitative estimate of drug-likeness (QED) is 0.824. The summed E-state index contributed by atoms with van der Waals surface area (Å²) in [7, 11) is 0. The Morgan fingerprint density at radius 1 is 1.47 bits per heavy atom. The Morgan fingerprint density at radius 3 is 2.84 bits per heavy atom. The number of carboxylic acid groups (broad SMARTS) is 1. The Labute approximate surface area is 113 Å². The van der Waals surface area contributed by atoms with Crippen LogP contribution in [-0.4, -0.2) is 40.2 Å². The van der Waals surface area contributed by atoms with Crippen molar-refractivity contribution >= 4 is 5.97 Å². The van der Waals surface area contributed by atoms with Crippen LogP contribution in [0, 0.1) is 11.3 Å². The lowest BCUT2D eigenvalue weighted by molar-refractivity contribution is 0.0678. The summed E-state index contributed by atoms with van der Waals surface area (Å²) in [6.07, 6.45) is 5.34. The van der Waals surface area contributed by atoms with E-state index in [9.17, 15) is 4.79 Å². The van der Waals surface area contributed by atoms with Gasteiger partial charge in [-0.2, -0.15) is 5.26 Å². The van der Waals surface area contributed by atoms with Crippen LogP contribution in [0.15, 0.2) is 18.3 Å². The number of aromatic nitrogens is 1. The summed E-state index contributed by atoms with van der Waals surface area (Å²) in [5, 5.41) is 17.6. The zero-order valence-corrected chi connectivity index (χ0v) is 11.0. The predicted molar refractivity (Wildman–Crippen MR) is 70.9 cm³/mol. The minimum Gasteiger partial charge on any atom is -0.477 e. The van der Waals surface area contributed by atoms with Crippen molar-refractivity contribution < 1.29 is 9.90 Å². The van der Waals surface area contributed by atoms with Crippen molar-refractivity contribution in [3.63, 3.8) is 0 Å². The highest BCUT2D eigenvalue weighted by atomic mass is 16.4. The van der Waals surface area contributed by atoms with E-state index < -0.39 is 5.97 Å². The normalized spacial score (nSPS) is 17.2. The molecule has 0 radical (unpaired) electrons. The maximum Gasteiger partial charge on any atom is 0.352 e. The van der Waals surface area contributed by atoms with Gasteiger partial charge in [-0.25, -0.2) is 4.79 Å². The van der Waals surface area contributed by atoms with Gasteiger partial charge in [0, 0.05) is 31.7 Å². The predicted octanol–water partition coefficient (Wildman–Crippen LogP) is 2.13. The fourth-order valence-electron chi connectivity index (χ4n) is 2.70. The number of nitrogens with zero attached hydrogens (tertiary/aromatic N) is 3. The molecule has 1 aliphatic heterocycles. The fraction of sp³-hybridized carbons (Fsp3) is 0.571. The largest absolute Gasteiger partial charge is 0.477 e. The molecule has 0 saturated carbocycles. The molecule has 1 fully saturated rings. The molecule has 1 N–H and O–H groups in total. The highest BCUT2D eigenvalue weighted by molar-refractivity contribution is 5.85. The Morgan fingerprint density at radius 2 is 2.21 bits per heavy atom. The molecule has 1 aromatic rings. The summed E-state index contributed by atoms with van der Waals surface area (Å²) < 4.78 is 1.88. The fourth-order valence-corrected chi connectivity index (χ4v) is 2.70. The van der Waals surface area contributed by atoms with Crippen molar-refractivity contribution in [2.24, 2.45) is 0 Å². The summed E-state index contributed by atoms with van der Waals surface area (Å²) in [5.41, 5.74) is 0.378. The highest BCUT2D eigenvalue weighted by Gasteiger charge is 2.22. The number of carbonyl (C=O) groups is 1. The third-order valence-electron chi connectivity index (χ3n) is 3.71. The summed E-state index contributed by atoms with van der Waals surface area (Å²) in [5.74, 6) is -0.860. The molecular formula is C14H19N3O2. The lowest BCUT2D eigenvalue weighted by atomic mass is 10.0. The lowest BCUT2D eigenvalue weighted by Crippen LogP contribution is -2.35. The first-order valence-corrected chi connectivity index (χ1v) is 6.72. The molecule has 0 atom stereocenters. The van der Waals surface area contributed by atoms with Gasteiger partial charge in [-0.3, -0.25) is 0 Å². The van der Waals surface area contributed by atoms with Crippen LogP contribution in [0.1, 0.15) is 42.2 Å². The van der Waals surface area contributed by atoms with E-state index in [0.29, 0.717) is 12.1 Å². The van der Waals surface area contributed by atoms with E-state index in [4.69, 9.17) is 10.4 Å². The van der Waals surface area contributed by atoms with E-state index in [0.717, 1.165) is 38.9 Å². The van der Waals surface area contributed by atoms with Crippen molar-refractivity contribution in [2.45, 2.75) is 31.7 Å². The van der Waals surface area contributed by atoms with Crippen LogP contribution in [0.25, 0.3) is 0 Å². The number of unbranched alkanes of at least 4 members (excludes halogenated alkanes) is 1. The molecule has 1 saturated heterocycles. The molecule has 0 bridgehead atoms. The van der Waals surface area contributed by atoms with Crippen molar-refractivity contribution in [1.29, 1.82) is 5.26 Å². The first kappa shape index (κ1) is 13.6. The van der Waals surface area contributed by atoms with E-state index in [1.54, 1.807) is 12.1 Å². The number of aromatic carboxylic acids is 1. The SMILES string of the molecule is N#CCCCN1CCC(n2cccc2C(=O)O)CC1. The van der Waals surface area contributed by atoms with Crippen LogP contribution in [0.2, 0.25) is 0 Å². The molecule has 2 rings (SSSR count). The third-order valence-corrected chi connectivity index (χ3v) is 3.71. The van der Waals surface area contributed by atoms with Crippen molar-refractivity contribution in [3.05, 3.63) is 24.0 Å². The van der Waals surface area contributed by atoms with Gasteiger partial charge in [0.1, 0.15) is 5.69 Å². The van der Waals surface area contributed by atoms with Gasteiger partial charge in [-0.1, -0.05) is 0 Å².